The lowest BCUT2D eigenvalue weighted by Gasteiger charge is -2.28. The van der Waals surface area contributed by atoms with Crippen molar-refractivity contribution < 1.29 is 14.4 Å². The second-order valence-electron chi connectivity index (χ2n) is 6.39. The van der Waals surface area contributed by atoms with Crippen LogP contribution in [-0.4, -0.2) is 33.6 Å². The summed E-state index contributed by atoms with van der Waals surface area (Å²) in [6, 6.07) is 4.19. The lowest BCUT2D eigenvalue weighted by Crippen LogP contribution is -2.47. The highest BCUT2D eigenvalue weighted by Crippen LogP contribution is 2.34. The van der Waals surface area contributed by atoms with E-state index < -0.39 is 23.6 Å². The first-order valence-corrected chi connectivity index (χ1v) is 8.92. The number of carbonyl (C=O) groups is 3. The Hall–Kier alpha value is -2.61. The molecule has 3 rings (SSSR count). The number of hydrogen-bond donors (Lipinski definition) is 1. The molecule has 1 aromatic carbocycles. The van der Waals surface area contributed by atoms with Gasteiger partial charge in [0.15, 0.2) is 5.82 Å². The van der Waals surface area contributed by atoms with Crippen LogP contribution >= 0.6 is 15.9 Å². The van der Waals surface area contributed by atoms with Crippen LogP contribution in [0.4, 0.5) is 11.5 Å². The summed E-state index contributed by atoms with van der Waals surface area (Å²) in [5, 5.41) is 2.67. The van der Waals surface area contributed by atoms with Crippen LogP contribution in [0.2, 0.25) is 0 Å². The molecule has 0 saturated carbocycles. The van der Waals surface area contributed by atoms with Crippen molar-refractivity contribution in [2.24, 2.45) is 5.92 Å². The summed E-state index contributed by atoms with van der Waals surface area (Å²) in [6.07, 6.45) is 4.79. The summed E-state index contributed by atoms with van der Waals surface area (Å²) >= 11 is 3.31. The summed E-state index contributed by atoms with van der Waals surface area (Å²) in [7, 11) is 0. The van der Waals surface area contributed by atoms with Crippen molar-refractivity contribution in [3.05, 3.63) is 46.8 Å². The van der Waals surface area contributed by atoms with Crippen molar-refractivity contribution in [1.29, 1.82) is 0 Å². The van der Waals surface area contributed by atoms with Gasteiger partial charge in [0, 0.05) is 16.9 Å². The molecule has 134 valence electrons. The molecule has 1 aliphatic heterocycles. The highest BCUT2D eigenvalue weighted by Gasteiger charge is 2.42. The van der Waals surface area contributed by atoms with Crippen LogP contribution in [0.3, 0.4) is 0 Å². The quantitative estimate of drug-likeness (QED) is 0.756. The number of nitrogens with one attached hydrogen (secondary N) is 1. The Morgan fingerprint density at radius 1 is 1.27 bits per heavy atom. The standard InChI is InChI=1S/C18H17BrN4O3/c1-10(2)7-14(17(25)22-15-9-20-5-6-21-15)23-13-4-3-11(19)8-12(13)16(24)18(23)26/h3-6,8-10,14H,7H2,1-2H3,(H,21,22,25). The third kappa shape index (κ3) is 3.50. The van der Waals surface area contributed by atoms with Crippen molar-refractivity contribution in [2.75, 3.05) is 10.2 Å². The van der Waals surface area contributed by atoms with E-state index in [0.717, 1.165) is 0 Å². The topological polar surface area (TPSA) is 92.3 Å². The molecule has 2 heterocycles. The Morgan fingerprint density at radius 2 is 2.04 bits per heavy atom. The van der Waals surface area contributed by atoms with Crippen LogP contribution in [-0.2, 0) is 9.59 Å². The van der Waals surface area contributed by atoms with Gasteiger partial charge in [-0.25, -0.2) is 4.98 Å². The van der Waals surface area contributed by atoms with Gasteiger partial charge in [0.2, 0.25) is 5.91 Å². The summed E-state index contributed by atoms with van der Waals surface area (Å²) in [5.41, 5.74) is 0.744. The maximum absolute atomic E-state index is 12.9. The van der Waals surface area contributed by atoms with Crippen LogP contribution in [0.5, 0.6) is 0 Å². The van der Waals surface area contributed by atoms with E-state index >= 15 is 0 Å². The minimum Gasteiger partial charge on any atom is -0.308 e. The maximum atomic E-state index is 12.9. The molecular formula is C18H17BrN4O3. The van der Waals surface area contributed by atoms with Gasteiger partial charge in [0.25, 0.3) is 11.7 Å². The monoisotopic (exact) mass is 416 g/mol. The smallest absolute Gasteiger partial charge is 0.300 e. The molecule has 1 unspecified atom stereocenters. The molecule has 0 saturated heterocycles. The lowest BCUT2D eigenvalue weighted by atomic mass is 10.0. The Labute approximate surface area is 159 Å². The summed E-state index contributed by atoms with van der Waals surface area (Å²) in [5.74, 6) is -1.29. The van der Waals surface area contributed by atoms with Crippen molar-refractivity contribution >= 4 is 45.0 Å². The molecular weight excluding hydrogens is 400 g/mol. The van der Waals surface area contributed by atoms with Gasteiger partial charge in [-0.3, -0.25) is 24.3 Å². The van der Waals surface area contributed by atoms with E-state index in [9.17, 15) is 14.4 Å². The van der Waals surface area contributed by atoms with Gasteiger partial charge >= 0.3 is 0 Å². The molecule has 26 heavy (non-hydrogen) atoms. The number of benzene rings is 1. The van der Waals surface area contributed by atoms with Gasteiger partial charge in [-0.1, -0.05) is 29.8 Å². The number of halogens is 1. The van der Waals surface area contributed by atoms with Crippen molar-refractivity contribution in [2.45, 2.75) is 26.3 Å². The SMILES string of the molecule is CC(C)CC(C(=O)Nc1cnccn1)N1C(=O)C(=O)c2cc(Br)ccc21. The predicted octanol–water partition coefficient (Wildman–Crippen LogP) is 2.82. The minimum absolute atomic E-state index is 0.134. The molecule has 1 atom stereocenters. The summed E-state index contributed by atoms with van der Waals surface area (Å²) < 4.78 is 0.698. The van der Waals surface area contributed by atoms with E-state index in [1.165, 1.54) is 23.5 Å². The van der Waals surface area contributed by atoms with E-state index in [-0.39, 0.29) is 5.92 Å². The fourth-order valence-corrected chi connectivity index (χ4v) is 3.25. The van der Waals surface area contributed by atoms with Crippen LogP contribution in [0.25, 0.3) is 0 Å². The van der Waals surface area contributed by atoms with E-state index in [1.54, 1.807) is 18.2 Å². The number of amides is 2. The number of nitrogens with zero attached hydrogens (tertiary/aromatic N) is 3. The largest absolute Gasteiger partial charge is 0.308 e. The Morgan fingerprint density at radius 3 is 2.69 bits per heavy atom. The molecule has 1 N–H and O–H groups in total. The highest BCUT2D eigenvalue weighted by atomic mass is 79.9. The van der Waals surface area contributed by atoms with Crippen molar-refractivity contribution in [1.82, 2.24) is 9.97 Å². The van der Waals surface area contributed by atoms with Gasteiger partial charge in [0.05, 0.1) is 17.4 Å². The normalized spacial score (nSPS) is 14.5. The zero-order chi connectivity index (χ0) is 18.8. The molecule has 1 aromatic heterocycles. The number of Topliss-reactive ketones (excluding diaryl/α,β-unsaturated/α-hetero) is 1. The van der Waals surface area contributed by atoms with Gasteiger partial charge in [0.1, 0.15) is 6.04 Å². The van der Waals surface area contributed by atoms with Crippen LogP contribution < -0.4 is 10.2 Å². The molecule has 0 spiro atoms. The van der Waals surface area contributed by atoms with Gasteiger partial charge in [-0.2, -0.15) is 0 Å². The number of aromatic nitrogens is 2. The maximum Gasteiger partial charge on any atom is 0.300 e. The second-order valence-corrected chi connectivity index (χ2v) is 7.31. The number of anilines is 2. The molecule has 2 amide bonds. The Bertz CT molecular complexity index is 870. The van der Waals surface area contributed by atoms with E-state index in [0.29, 0.717) is 28.0 Å². The van der Waals surface area contributed by atoms with Gasteiger partial charge in [-0.05, 0) is 30.5 Å². The van der Waals surface area contributed by atoms with Crippen LogP contribution in [0.15, 0.2) is 41.3 Å². The number of carbonyl (C=O) groups excluding carboxylic acids is 3. The van der Waals surface area contributed by atoms with Crippen LogP contribution in [0.1, 0.15) is 30.6 Å². The minimum atomic E-state index is -0.823. The number of ketones is 1. The Balaban J connectivity index is 1.97. The average Bonchev–Trinajstić information content (AvgIpc) is 2.84. The fourth-order valence-electron chi connectivity index (χ4n) is 2.89. The van der Waals surface area contributed by atoms with Gasteiger partial charge in [-0.15, -0.1) is 0 Å². The average molecular weight is 417 g/mol. The third-order valence-corrected chi connectivity index (χ3v) is 4.49. The van der Waals surface area contributed by atoms with E-state index in [2.05, 4.69) is 31.2 Å². The zero-order valence-corrected chi connectivity index (χ0v) is 15.9. The van der Waals surface area contributed by atoms with Crippen molar-refractivity contribution in [3.8, 4) is 0 Å². The fraction of sp³-hybridized carbons (Fsp3) is 0.278. The van der Waals surface area contributed by atoms with Crippen molar-refractivity contribution in [3.63, 3.8) is 0 Å². The van der Waals surface area contributed by atoms with E-state index in [4.69, 9.17) is 0 Å². The Kier molecular flexibility index (Phi) is 5.13. The first-order chi connectivity index (χ1) is 12.4. The third-order valence-electron chi connectivity index (χ3n) is 4.00. The first kappa shape index (κ1) is 18.2. The number of hydrogen-bond acceptors (Lipinski definition) is 5. The van der Waals surface area contributed by atoms with Gasteiger partial charge < -0.3 is 5.32 Å². The molecule has 8 heteroatoms. The molecule has 1 aliphatic rings. The molecule has 2 aromatic rings. The second kappa shape index (κ2) is 7.33. The summed E-state index contributed by atoms with van der Waals surface area (Å²) in [4.78, 5) is 47.1. The number of rotatable bonds is 5. The molecule has 0 radical (unpaired) electrons. The molecule has 0 aliphatic carbocycles. The highest BCUT2D eigenvalue weighted by molar-refractivity contribution is 9.10. The van der Waals surface area contributed by atoms with Crippen LogP contribution in [0, 0.1) is 5.92 Å². The first-order valence-electron chi connectivity index (χ1n) is 8.12. The lowest BCUT2D eigenvalue weighted by molar-refractivity contribution is -0.121. The van der Waals surface area contributed by atoms with E-state index in [1.807, 2.05) is 13.8 Å². The molecule has 0 bridgehead atoms. The molecule has 0 fully saturated rings. The predicted molar refractivity (Wildman–Crippen MR) is 99.9 cm³/mol. The summed E-state index contributed by atoms with van der Waals surface area (Å²) in [6.45, 7) is 3.90. The number of fused-ring (bicyclic) bond motifs is 1. The molecule has 7 nitrogen and oxygen atoms in total. The zero-order valence-electron chi connectivity index (χ0n) is 14.3.